The summed E-state index contributed by atoms with van der Waals surface area (Å²) in [5, 5.41) is 13.8. The van der Waals surface area contributed by atoms with Crippen molar-refractivity contribution in [3.05, 3.63) is 28.7 Å². The van der Waals surface area contributed by atoms with Crippen molar-refractivity contribution in [3.8, 4) is 0 Å². The number of halogens is 1. The van der Waals surface area contributed by atoms with Gasteiger partial charge in [0.2, 0.25) is 5.95 Å². The number of aromatic nitrogens is 3. The monoisotopic (exact) mass is 454 g/mol. The highest BCUT2D eigenvalue weighted by atomic mass is 32.2. The Bertz CT molecular complexity index is 1100. The van der Waals surface area contributed by atoms with E-state index in [4.69, 9.17) is 0 Å². The van der Waals surface area contributed by atoms with Crippen LogP contribution < -0.4 is 15.6 Å². The maximum absolute atomic E-state index is 14.7. The number of fused-ring (bicyclic) bond motifs is 1. The molecule has 0 bridgehead atoms. The van der Waals surface area contributed by atoms with Crippen LogP contribution in [-0.4, -0.2) is 70.8 Å². The summed E-state index contributed by atoms with van der Waals surface area (Å²) in [7, 11) is -2.06. The van der Waals surface area contributed by atoms with Gasteiger partial charge in [-0.15, -0.1) is 0 Å². The number of nitrogens with one attached hydrogen (secondary N) is 2. The van der Waals surface area contributed by atoms with Crippen LogP contribution in [0.5, 0.6) is 0 Å². The van der Waals surface area contributed by atoms with Crippen LogP contribution in [0.4, 0.5) is 10.3 Å². The van der Waals surface area contributed by atoms with Crippen LogP contribution in [0.15, 0.2) is 23.1 Å². The summed E-state index contributed by atoms with van der Waals surface area (Å²) < 4.78 is 43.5. The lowest BCUT2D eigenvalue weighted by atomic mass is 9.91. The molecule has 2 aromatic rings. The third kappa shape index (κ3) is 4.56. The average Bonchev–Trinajstić information content (AvgIpc) is 2.76. The predicted octanol–water partition coefficient (Wildman–Crippen LogP) is 0.556. The van der Waals surface area contributed by atoms with Crippen molar-refractivity contribution < 1.29 is 17.9 Å². The van der Waals surface area contributed by atoms with Gasteiger partial charge in [-0.3, -0.25) is 9.36 Å². The number of piperidine rings is 1. The number of hydrogen-bond donors (Lipinski definition) is 3. The number of rotatable bonds is 5. The van der Waals surface area contributed by atoms with E-state index >= 15 is 0 Å². The fraction of sp³-hybridized carbons (Fsp3) is 0.632. The second kappa shape index (κ2) is 8.77. The van der Waals surface area contributed by atoms with E-state index in [2.05, 4.69) is 20.0 Å². The Hall–Kier alpha value is -2.15. The van der Waals surface area contributed by atoms with Gasteiger partial charge in [-0.25, -0.2) is 14.1 Å². The normalized spacial score (nSPS) is 26.2. The van der Waals surface area contributed by atoms with Crippen LogP contribution in [0.25, 0.3) is 11.0 Å². The van der Waals surface area contributed by atoms with Crippen molar-refractivity contribution in [2.24, 2.45) is 0 Å². The van der Waals surface area contributed by atoms with Crippen molar-refractivity contribution in [2.75, 3.05) is 25.5 Å². The van der Waals surface area contributed by atoms with Gasteiger partial charge in [-0.05, 0) is 38.2 Å². The number of aliphatic hydroxyl groups is 1. The maximum Gasteiger partial charge on any atom is 0.279 e. The van der Waals surface area contributed by atoms with Gasteiger partial charge in [0.05, 0.1) is 12.1 Å². The van der Waals surface area contributed by atoms with E-state index in [1.807, 2.05) is 0 Å². The molecule has 0 aromatic carbocycles. The highest BCUT2D eigenvalue weighted by Crippen LogP contribution is 2.32. The Morgan fingerprint density at radius 1 is 1.19 bits per heavy atom. The first-order valence-corrected chi connectivity index (χ1v) is 11.9. The molecule has 2 aliphatic rings. The zero-order valence-corrected chi connectivity index (χ0v) is 18.1. The first-order chi connectivity index (χ1) is 14.8. The zero-order chi connectivity index (χ0) is 22.2. The average molecular weight is 455 g/mol. The van der Waals surface area contributed by atoms with E-state index in [0.717, 1.165) is 0 Å². The predicted molar refractivity (Wildman–Crippen MR) is 114 cm³/mol. The van der Waals surface area contributed by atoms with Crippen LogP contribution >= 0.6 is 0 Å². The molecule has 0 radical (unpaired) electrons. The van der Waals surface area contributed by atoms with Crippen LogP contribution in [-0.2, 0) is 10.2 Å². The summed E-state index contributed by atoms with van der Waals surface area (Å²) in [5.41, 5.74) is -0.0496. The molecule has 1 saturated heterocycles. The zero-order valence-electron chi connectivity index (χ0n) is 17.2. The molecular weight excluding hydrogens is 427 g/mol. The number of pyridine rings is 1. The molecule has 31 heavy (non-hydrogen) atoms. The van der Waals surface area contributed by atoms with Gasteiger partial charge >= 0.3 is 0 Å². The quantitative estimate of drug-likeness (QED) is 0.602. The molecule has 3 N–H and O–H groups in total. The van der Waals surface area contributed by atoms with Gasteiger partial charge in [0.25, 0.3) is 15.8 Å². The standard InChI is InChI=1S/C19H27FN6O4S/c1-21-31(29,30)25-8-6-13(7-9-25)23-19-22-11-12-2-5-17(28)26(18(12)24-19)16-10-14(27)3-4-15(16)20/h2,5,11,13-16,21,27H,3-4,6-10H2,1H3,(H,22,23,24)/t14-,15+,16+/m1/s1. The molecule has 170 valence electrons. The van der Waals surface area contributed by atoms with Gasteiger partial charge in [0.15, 0.2) is 0 Å². The van der Waals surface area contributed by atoms with Gasteiger partial charge in [0.1, 0.15) is 11.8 Å². The van der Waals surface area contributed by atoms with E-state index in [-0.39, 0.29) is 24.4 Å². The smallest absolute Gasteiger partial charge is 0.279 e. The lowest BCUT2D eigenvalue weighted by Crippen LogP contribution is -2.46. The molecule has 0 spiro atoms. The molecule has 1 aliphatic carbocycles. The molecule has 2 fully saturated rings. The highest BCUT2D eigenvalue weighted by molar-refractivity contribution is 7.87. The van der Waals surface area contributed by atoms with Crippen LogP contribution in [0.2, 0.25) is 0 Å². The fourth-order valence-electron chi connectivity index (χ4n) is 4.34. The second-order valence-corrected chi connectivity index (χ2v) is 9.97. The SMILES string of the molecule is CNS(=O)(=O)N1CCC(Nc2ncc3ccc(=O)n([C@H]4C[C@H](O)CC[C@@H]4F)c3n2)CC1. The maximum atomic E-state index is 14.7. The van der Waals surface area contributed by atoms with E-state index < -0.39 is 28.5 Å². The molecule has 4 rings (SSSR count). The molecule has 12 heteroatoms. The molecule has 0 unspecified atom stereocenters. The van der Waals surface area contributed by atoms with Gasteiger partial charge in [0, 0.05) is 43.8 Å². The third-order valence-electron chi connectivity index (χ3n) is 6.09. The lowest BCUT2D eigenvalue weighted by Gasteiger charge is -2.32. The molecular formula is C19H27FN6O4S. The highest BCUT2D eigenvalue weighted by Gasteiger charge is 2.33. The van der Waals surface area contributed by atoms with E-state index in [1.54, 1.807) is 12.3 Å². The van der Waals surface area contributed by atoms with Crippen molar-refractivity contribution in [1.29, 1.82) is 0 Å². The van der Waals surface area contributed by atoms with Crippen LogP contribution in [0, 0.1) is 0 Å². The minimum absolute atomic E-state index is 0.0323. The van der Waals surface area contributed by atoms with Crippen LogP contribution in [0.3, 0.4) is 0 Å². The van der Waals surface area contributed by atoms with Gasteiger partial charge < -0.3 is 10.4 Å². The molecule has 3 atom stereocenters. The van der Waals surface area contributed by atoms with Gasteiger partial charge in [-0.1, -0.05) is 0 Å². The van der Waals surface area contributed by atoms with Crippen LogP contribution in [0.1, 0.15) is 38.1 Å². The summed E-state index contributed by atoms with van der Waals surface area (Å²) in [6.07, 6.45) is 1.56. The first kappa shape index (κ1) is 22.1. The van der Waals surface area contributed by atoms with Crippen molar-refractivity contribution in [3.63, 3.8) is 0 Å². The molecule has 3 heterocycles. The Morgan fingerprint density at radius 3 is 2.65 bits per heavy atom. The Morgan fingerprint density at radius 2 is 1.94 bits per heavy atom. The second-order valence-electron chi connectivity index (χ2n) is 8.09. The Kier molecular flexibility index (Phi) is 6.24. The summed E-state index contributed by atoms with van der Waals surface area (Å²) in [5.74, 6) is 0.300. The van der Waals surface area contributed by atoms with Gasteiger partial charge in [-0.2, -0.15) is 17.7 Å². The molecule has 2 aromatic heterocycles. The van der Waals surface area contributed by atoms with Crippen molar-refractivity contribution in [1.82, 2.24) is 23.6 Å². The number of aliphatic hydroxyl groups excluding tert-OH is 1. The molecule has 1 saturated carbocycles. The summed E-state index contributed by atoms with van der Waals surface area (Å²) >= 11 is 0. The first-order valence-electron chi connectivity index (χ1n) is 10.4. The number of alkyl halides is 1. The summed E-state index contributed by atoms with van der Waals surface area (Å²) in [4.78, 5) is 21.4. The largest absolute Gasteiger partial charge is 0.393 e. The summed E-state index contributed by atoms with van der Waals surface area (Å²) in [6, 6.07) is 2.16. The molecule has 0 amide bonds. The topological polar surface area (TPSA) is 129 Å². The summed E-state index contributed by atoms with van der Waals surface area (Å²) in [6.45, 7) is 0.727. The molecule has 10 nitrogen and oxygen atoms in total. The van der Waals surface area contributed by atoms with Crippen molar-refractivity contribution >= 4 is 27.2 Å². The minimum Gasteiger partial charge on any atom is -0.393 e. The van der Waals surface area contributed by atoms with Crippen molar-refractivity contribution in [2.45, 2.75) is 56.5 Å². The van der Waals surface area contributed by atoms with E-state index in [1.165, 1.54) is 22.0 Å². The minimum atomic E-state index is -3.45. The molecule has 1 aliphatic heterocycles. The Balaban J connectivity index is 1.58. The Labute approximate surface area is 179 Å². The van der Waals surface area contributed by atoms with E-state index in [9.17, 15) is 22.7 Å². The third-order valence-corrected chi connectivity index (χ3v) is 7.65. The number of hydrogen-bond acceptors (Lipinski definition) is 7. The number of nitrogens with zero attached hydrogens (tertiary/aromatic N) is 4. The number of anilines is 1. The van der Waals surface area contributed by atoms with E-state index in [0.29, 0.717) is 49.3 Å². The fourth-order valence-corrected chi connectivity index (χ4v) is 5.29. The lowest BCUT2D eigenvalue weighted by molar-refractivity contribution is 0.0555.